The predicted molar refractivity (Wildman–Crippen MR) is 70.5 cm³/mol. The molecule has 2 heterocycles. The van der Waals surface area contributed by atoms with Crippen LogP contribution in [0.5, 0.6) is 0 Å². The van der Waals surface area contributed by atoms with Crippen LogP contribution in [0.4, 0.5) is 5.69 Å². The average Bonchev–Trinajstić information content (AvgIpc) is 2.94. The molecule has 1 saturated heterocycles. The molecule has 2 rings (SSSR count). The van der Waals surface area contributed by atoms with Gasteiger partial charge in [-0.05, 0) is 26.3 Å². The Hall–Kier alpha value is -1.49. The highest BCUT2D eigenvalue weighted by molar-refractivity contribution is 5.93. The molecule has 0 radical (unpaired) electrons. The largest absolute Gasteiger partial charge is 0.397 e. The SMILES string of the molecule is CC(C)n1cc(N)cc1C(=O)NCC1CCOC1. The quantitative estimate of drug-likeness (QED) is 0.850. The number of hydrogen-bond acceptors (Lipinski definition) is 3. The zero-order valence-electron chi connectivity index (χ0n) is 11.0. The standard InChI is InChI=1S/C13H21N3O2/c1-9(2)16-7-11(14)5-12(16)13(17)15-6-10-3-4-18-8-10/h5,7,9-10H,3-4,6,8,14H2,1-2H3,(H,15,17). The van der Waals surface area contributed by atoms with Gasteiger partial charge in [0.15, 0.2) is 0 Å². The number of anilines is 1. The van der Waals surface area contributed by atoms with Crippen molar-refractivity contribution in [2.24, 2.45) is 5.92 Å². The lowest BCUT2D eigenvalue weighted by Gasteiger charge is -2.14. The number of ether oxygens (including phenoxy) is 1. The Labute approximate surface area is 107 Å². The molecule has 0 spiro atoms. The molecule has 100 valence electrons. The summed E-state index contributed by atoms with van der Waals surface area (Å²) in [5.41, 5.74) is 7.00. The average molecular weight is 251 g/mol. The topological polar surface area (TPSA) is 69.3 Å². The number of carbonyl (C=O) groups is 1. The second-order valence-corrected chi connectivity index (χ2v) is 5.10. The van der Waals surface area contributed by atoms with Gasteiger partial charge in [0.25, 0.3) is 5.91 Å². The van der Waals surface area contributed by atoms with Crippen LogP contribution in [-0.4, -0.2) is 30.2 Å². The Morgan fingerprint density at radius 3 is 3.06 bits per heavy atom. The number of aromatic nitrogens is 1. The smallest absolute Gasteiger partial charge is 0.268 e. The van der Waals surface area contributed by atoms with Gasteiger partial charge in [-0.3, -0.25) is 4.79 Å². The molecule has 1 unspecified atom stereocenters. The lowest BCUT2D eigenvalue weighted by molar-refractivity contribution is 0.0934. The lowest BCUT2D eigenvalue weighted by Crippen LogP contribution is -2.31. The van der Waals surface area contributed by atoms with E-state index in [0.29, 0.717) is 23.8 Å². The van der Waals surface area contributed by atoms with Gasteiger partial charge in [-0.15, -0.1) is 0 Å². The molecule has 3 N–H and O–H groups in total. The van der Waals surface area contributed by atoms with Crippen molar-refractivity contribution < 1.29 is 9.53 Å². The van der Waals surface area contributed by atoms with Gasteiger partial charge >= 0.3 is 0 Å². The van der Waals surface area contributed by atoms with E-state index in [4.69, 9.17) is 10.5 Å². The molecular formula is C13H21N3O2. The molecular weight excluding hydrogens is 230 g/mol. The third-order valence-corrected chi connectivity index (χ3v) is 3.23. The van der Waals surface area contributed by atoms with Gasteiger partial charge in [0.05, 0.1) is 12.3 Å². The summed E-state index contributed by atoms with van der Waals surface area (Å²) in [6, 6.07) is 1.94. The highest BCUT2D eigenvalue weighted by Gasteiger charge is 2.19. The molecule has 5 nitrogen and oxygen atoms in total. The van der Waals surface area contributed by atoms with Crippen molar-refractivity contribution in [2.45, 2.75) is 26.3 Å². The van der Waals surface area contributed by atoms with Crippen LogP contribution in [-0.2, 0) is 4.74 Å². The van der Waals surface area contributed by atoms with Gasteiger partial charge in [-0.25, -0.2) is 0 Å². The fourth-order valence-corrected chi connectivity index (χ4v) is 2.18. The van der Waals surface area contributed by atoms with E-state index in [1.54, 1.807) is 12.3 Å². The number of carbonyl (C=O) groups excluding carboxylic acids is 1. The van der Waals surface area contributed by atoms with Crippen LogP contribution < -0.4 is 11.1 Å². The van der Waals surface area contributed by atoms with E-state index < -0.39 is 0 Å². The van der Waals surface area contributed by atoms with Gasteiger partial charge in [-0.1, -0.05) is 0 Å². The Balaban J connectivity index is 1.99. The van der Waals surface area contributed by atoms with Gasteiger partial charge in [0, 0.05) is 31.3 Å². The van der Waals surface area contributed by atoms with E-state index in [1.165, 1.54) is 0 Å². The summed E-state index contributed by atoms with van der Waals surface area (Å²) in [5.74, 6) is 0.376. The number of nitrogens with one attached hydrogen (secondary N) is 1. The number of rotatable bonds is 4. The molecule has 1 aliphatic heterocycles. The molecule has 5 heteroatoms. The van der Waals surface area contributed by atoms with Crippen molar-refractivity contribution in [1.29, 1.82) is 0 Å². The minimum Gasteiger partial charge on any atom is -0.397 e. The summed E-state index contributed by atoms with van der Waals surface area (Å²) in [5, 5.41) is 2.95. The molecule has 0 saturated carbocycles. The molecule has 0 aliphatic carbocycles. The van der Waals surface area contributed by atoms with E-state index in [0.717, 1.165) is 19.6 Å². The van der Waals surface area contributed by atoms with Crippen molar-refractivity contribution in [3.63, 3.8) is 0 Å². The highest BCUT2D eigenvalue weighted by atomic mass is 16.5. The highest BCUT2D eigenvalue weighted by Crippen LogP contribution is 2.17. The maximum atomic E-state index is 12.1. The first-order valence-corrected chi connectivity index (χ1v) is 6.41. The molecule has 1 atom stereocenters. The summed E-state index contributed by atoms with van der Waals surface area (Å²) in [6.45, 7) is 6.27. The van der Waals surface area contributed by atoms with E-state index in [9.17, 15) is 4.79 Å². The Morgan fingerprint density at radius 2 is 2.44 bits per heavy atom. The van der Waals surface area contributed by atoms with E-state index in [2.05, 4.69) is 5.32 Å². The number of hydrogen-bond donors (Lipinski definition) is 2. The van der Waals surface area contributed by atoms with Crippen molar-refractivity contribution in [3.05, 3.63) is 18.0 Å². The van der Waals surface area contributed by atoms with Crippen molar-refractivity contribution in [2.75, 3.05) is 25.5 Å². The second-order valence-electron chi connectivity index (χ2n) is 5.10. The summed E-state index contributed by atoms with van der Waals surface area (Å²) < 4.78 is 7.18. The minimum atomic E-state index is -0.0627. The first-order valence-electron chi connectivity index (χ1n) is 6.41. The number of nitrogen functional groups attached to an aromatic ring is 1. The number of nitrogens with zero attached hydrogens (tertiary/aromatic N) is 1. The number of amides is 1. The van der Waals surface area contributed by atoms with Crippen LogP contribution >= 0.6 is 0 Å². The maximum absolute atomic E-state index is 12.1. The Morgan fingerprint density at radius 1 is 1.67 bits per heavy atom. The summed E-state index contributed by atoms with van der Waals surface area (Å²) >= 11 is 0. The zero-order chi connectivity index (χ0) is 13.1. The molecule has 1 amide bonds. The van der Waals surface area contributed by atoms with Gasteiger partial charge in [-0.2, -0.15) is 0 Å². The second kappa shape index (κ2) is 5.44. The van der Waals surface area contributed by atoms with Gasteiger partial charge < -0.3 is 20.4 Å². The van der Waals surface area contributed by atoms with E-state index in [1.807, 2.05) is 18.4 Å². The monoisotopic (exact) mass is 251 g/mol. The summed E-state index contributed by atoms with van der Waals surface area (Å²) in [4.78, 5) is 12.1. The fraction of sp³-hybridized carbons (Fsp3) is 0.615. The fourth-order valence-electron chi connectivity index (χ4n) is 2.18. The molecule has 18 heavy (non-hydrogen) atoms. The molecule has 1 aliphatic rings. The Kier molecular flexibility index (Phi) is 3.91. The third-order valence-electron chi connectivity index (χ3n) is 3.23. The third kappa shape index (κ3) is 2.85. The summed E-state index contributed by atoms with van der Waals surface area (Å²) in [7, 11) is 0. The van der Waals surface area contributed by atoms with Crippen LogP contribution in [0.1, 0.15) is 36.8 Å². The van der Waals surface area contributed by atoms with E-state index >= 15 is 0 Å². The number of nitrogens with two attached hydrogens (primary N) is 1. The van der Waals surface area contributed by atoms with Crippen LogP contribution in [0.25, 0.3) is 0 Å². The predicted octanol–water partition coefficient (Wildman–Crippen LogP) is 1.42. The molecule has 0 bridgehead atoms. The first kappa shape index (κ1) is 13.0. The van der Waals surface area contributed by atoms with Crippen LogP contribution in [0.15, 0.2) is 12.3 Å². The van der Waals surface area contributed by atoms with Crippen molar-refractivity contribution in [3.8, 4) is 0 Å². The van der Waals surface area contributed by atoms with E-state index in [-0.39, 0.29) is 11.9 Å². The van der Waals surface area contributed by atoms with Crippen molar-refractivity contribution in [1.82, 2.24) is 9.88 Å². The summed E-state index contributed by atoms with van der Waals surface area (Å²) in [6.07, 6.45) is 2.83. The Bertz CT molecular complexity index is 420. The lowest BCUT2D eigenvalue weighted by atomic mass is 10.1. The first-order chi connectivity index (χ1) is 8.58. The van der Waals surface area contributed by atoms with Gasteiger partial charge in [0.1, 0.15) is 5.69 Å². The zero-order valence-corrected chi connectivity index (χ0v) is 11.0. The minimum absolute atomic E-state index is 0.0627. The molecule has 1 aromatic rings. The molecule has 1 fully saturated rings. The van der Waals surface area contributed by atoms with Gasteiger partial charge in [0.2, 0.25) is 0 Å². The van der Waals surface area contributed by atoms with Crippen LogP contribution in [0, 0.1) is 5.92 Å². The maximum Gasteiger partial charge on any atom is 0.268 e. The van der Waals surface area contributed by atoms with Crippen LogP contribution in [0.2, 0.25) is 0 Å². The normalized spacial score (nSPS) is 19.4. The van der Waals surface area contributed by atoms with Crippen molar-refractivity contribution >= 4 is 11.6 Å². The van der Waals surface area contributed by atoms with Crippen LogP contribution in [0.3, 0.4) is 0 Å². The molecule has 0 aromatic carbocycles. The molecule has 1 aromatic heterocycles.